The minimum absolute atomic E-state index is 0.119. The monoisotopic (exact) mass is 337 g/mol. The largest absolute Gasteiger partial charge is 0.573 e. The Morgan fingerprint density at radius 2 is 1.86 bits per heavy atom. The molecule has 7 heteroatoms. The molecule has 1 fully saturated rings. The zero-order valence-electron chi connectivity index (χ0n) is 11.9. The maximum absolute atomic E-state index is 12.2. The number of ether oxygens (including phenoxy) is 1. The van der Waals surface area contributed by atoms with Gasteiger partial charge in [0.1, 0.15) is 5.75 Å². The van der Waals surface area contributed by atoms with Gasteiger partial charge in [-0.1, -0.05) is 36.9 Å². The Morgan fingerprint density at radius 1 is 1.23 bits per heavy atom. The first-order chi connectivity index (χ1) is 10.3. The van der Waals surface area contributed by atoms with Gasteiger partial charge in [0.05, 0.1) is 17.2 Å². The molecule has 0 bridgehead atoms. The second-order valence-corrected chi connectivity index (χ2v) is 6.06. The molecule has 1 aromatic rings. The fourth-order valence-corrected chi connectivity index (χ4v) is 3.13. The van der Waals surface area contributed by atoms with Crippen molar-refractivity contribution in [2.45, 2.75) is 50.6 Å². The molecule has 1 aliphatic rings. The van der Waals surface area contributed by atoms with Gasteiger partial charge in [0, 0.05) is 0 Å². The van der Waals surface area contributed by atoms with Crippen molar-refractivity contribution in [3.05, 3.63) is 28.8 Å². The van der Waals surface area contributed by atoms with Gasteiger partial charge >= 0.3 is 6.36 Å². The lowest BCUT2D eigenvalue weighted by Crippen LogP contribution is -2.34. The molecule has 22 heavy (non-hydrogen) atoms. The number of aliphatic hydroxyl groups is 1. The second kappa shape index (κ2) is 7.06. The second-order valence-electron chi connectivity index (χ2n) is 5.65. The molecule has 3 N–H and O–H groups in total. The van der Waals surface area contributed by atoms with Crippen molar-refractivity contribution in [2.24, 2.45) is 11.7 Å². The van der Waals surface area contributed by atoms with Gasteiger partial charge in [-0.05, 0) is 36.5 Å². The number of hydrogen-bond acceptors (Lipinski definition) is 3. The van der Waals surface area contributed by atoms with Crippen LogP contribution in [-0.2, 0) is 0 Å². The van der Waals surface area contributed by atoms with Crippen molar-refractivity contribution in [2.75, 3.05) is 0 Å². The number of benzene rings is 1. The molecule has 0 spiro atoms. The van der Waals surface area contributed by atoms with Crippen LogP contribution in [0.5, 0.6) is 5.75 Å². The van der Waals surface area contributed by atoms with Gasteiger partial charge < -0.3 is 15.6 Å². The van der Waals surface area contributed by atoms with Crippen molar-refractivity contribution < 1.29 is 23.0 Å². The quantitative estimate of drug-likeness (QED) is 0.866. The average Bonchev–Trinajstić information content (AvgIpc) is 2.47. The average molecular weight is 338 g/mol. The highest BCUT2D eigenvalue weighted by Crippen LogP contribution is 2.35. The number of halogens is 4. The van der Waals surface area contributed by atoms with E-state index in [1.807, 2.05) is 0 Å². The van der Waals surface area contributed by atoms with E-state index in [0.29, 0.717) is 5.56 Å². The van der Waals surface area contributed by atoms with E-state index in [4.69, 9.17) is 17.3 Å². The predicted octanol–water partition coefficient (Wildman–Crippen LogP) is 4.18. The molecule has 3 nitrogen and oxygen atoms in total. The van der Waals surface area contributed by atoms with Gasteiger partial charge in [0.15, 0.2) is 0 Å². The van der Waals surface area contributed by atoms with E-state index in [9.17, 15) is 18.3 Å². The number of nitrogens with two attached hydrogens (primary N) is 1. The molecule has 2 rings (SSSR count). The Bertz CT molecular complexity index is 504. The first-order valence-corrected chi connectivity index (χ1v) is 7.64. The van der Waals surface area contributed by atoms with Gasteiger partial charge in [0.25, 0.3) is 0 Å². The highest BCUT2D eigenvalue weighted by Gasteiger charge is 2.33. The van der Waals surface area contributed by atoms with Crippen molar-refractivity contribution in [3.63, 3.8) is 0 Å². The summed E-state index contributed by atoms with van der Waals surface area (Å²) in [6.45, 7) is 0. The summed E-state index contributed by atoms with van der Waals surface area (Å²) < 4.78 is 40.4. The summed E-state index contributed by atoms with van der Waals surface area (Å²) in [4.78, 5) is 0. The van der Waals surface area contributed by atoms with Crippen molar-refractivity contribution in [1.82, 2.24) is 0 Å². The molecule has 1 aliphatic carbocycles. The normalized spacial score (nSPS) is 19.7. The third kappa shape index (κ3) is 4.51. The number of rotatable bonds is 4. The van der Waals surface area contributed by atoms with Crippen LogP contribution in [0.3, 0.4) is 0 Å². The van der Waals surface area contributed by atoms with Crippen LogP contribution in [0.4, 0.5) is 13.2 Å². The Labute approximate surface area is 132 Å². The number of alkyl halides is 3. The zero-order valence-corrected chi connectivity index (χ0v) is 12.7. The fourth-order valence-electron chi connectivity index (χ4n) is 2.90. The fraction of sp³-hybridized carbons (Fsp3) is 0.600. The molecule has 0 aromatic heterocycles. The number of aliphatic hydroxyl groups excluding tert-OH is 1. The molecule has 1 aromatic carbocycles. The van der Waals surface area contributed by atoms with Gasteiger partial charge in [-0.15, -0.1) is 13.2 Å². The van der Waals surface area contributed by atoms with Crippen LogP contribution in [0.25, 0.3) is 0 Å². The van der Waals surface area contributed by atoms with E-state index < -0.39 is 24.3 Å². The third-order valence-corrected chi connectivity index (χ3v) is 4.36. The minimum atomic E-state index is -4.80. The highest BCUT2D eigenvalue weighted by atomic mass is 35.5. The van der Waals surface area contributed by atoms with Crippen LogP contribution in [0.1, 0.15) is 43.7 Å². The Morgan fingerprint density at radius 3 is 2.41 bits per heavy atom. The van der Waals surface area contributed by atoms with Gasteiger partial charge in [-0.25, -0.2) is 0 Å². The van der Waals surface area contributed by atoms with Gasteiger partial charge in [-0.3, -0.25) is 0 Å². The Kier molecular flexibility index (Phi) is 5.58. The molecule has 2 atom stereocenters. The van der Waals surface area contributed by atoms with Crippen molar-refractivity contribution in [1.29, 1.82) is 0 Å². The summed E-state index contributed by atoms with van der Waals surface area (Å²) in [6.07, 6.45) is -0.412. The lowest BCUT2D eigenvalue weighted by molar-refractivity contribution is -0.274. The van der Waals surface area contributed by atoms with Crippen LogP contribution >= 0.6 is 11.6 Å². The van der Waals surface area contributed by atoms with Crippen LogP contribution in [0.15, 0.2) is 18.2 Å². The van der Waals surface area contributed by atoms with Gasteiger partial charge in [-0.2, -0.15) is 0 Å². The number of hydrogen-bond donors (Lipinski definition) is 2. The Balaban J connectivity index is 2.09. The summed E-state index contributed by atoms with van der Waals surface area (Å²) in [6, 6.07) is 3.17. The maximum Gasteiger partial charge on any atom is 0.573 e. The maximum atomic E-state index is 12.2. The highest BCUT2D eigenvalue weighted by molar-refractivity contribution is 6.32. The first kappa shape index (κ1) is 17.4. The molecule has 0 amide bonds. The molecule has 0 unspecified atom stereocenters. The topological polar surface area (TPSA) is 55.5 Å². The molecule has 0 radical (unpaired) electrons. The summed E-state index contributed by atoms with van der Waals surface area (Å²) in [5, 5.41) is 10.2. The summed E-state index contributed by atoms with van der Waals surface area (Å²) in [7, 11) is 0. The van der Waals surface area contributed by atoms with Crippen LogP contribution in [0, 0.1) is 5.92 Å². The summed E-state index contributed by atoms with van der Waals surface area (Å²) in [5.41, 5.74) is 6.54. The predicted molar refractivity (Wildman–Crippen MR) is 77.6 cm³/mol. The first-order valence-electron chi connectivity index (χ1n) is 7.27. The van der Waals surface area contributed by atoms with E-state index in [-0.39, 0.29) is 10.9 Å². The lowest BCUT2D eigenvalue weighted by Gasteiger charge is -2.30. The van der Waals surface area contributed by atoms with Crippen LogP contribution in [-0.4, -0.2) is 17.6 Å². The van der Waals surface area contributed by atoms with E-state index in [0.717, 1.165) is 38.2 Å². The van der Waals surface area contributed by atoms with E-state index >= 15 is 0 Å². The molecule has 124 valence electrons. The molecular weight excluding hydrogens is 319 g/mol. The molecule has 0 heterocycles. The smallest absolute Gasteiger partial charge is 0.404 e. The SMILES string of the molecule is N[C@H](c1ccc(OC(F)(F)F)c(Cl)c1)[C@@H](O)C1CCCCC1. The van der Waals surface area contributed by atoms with E-state index in [2.05, 4.69) is 4.74 Å². The molecular formula is C15H19ClF3NO2. The molecule has 0 aliphatic heterocycles. The third-order valence-electron chi connectivity index (χ3n) is 4.07. The van der Waals surface area contributed by atoms with E-state index in [1.165, 1.54) is 12.1 Å². The summed E-state index contributed by atoms with van der Waals surface area (Å²) >= 11 is 5.81. The van der Waals surface area contributed by atoms with Crippen molar-refractivity contribution >= 4 is 11.6 Å². The van der Waals surface area contributed by atoms with Crippen molar-refractivity contribution in [3.8, 4) is 5.75 Å². The zero-order chi connectivity index (χ0) is 16.3. The molecule has 1 saturated carbocycles. The minimum Gasteiger partial charge on any atom is -0.404 e. The standard InChI is InChI=1S/C15H19ClF3NO2/c16-11-8-10(6-7-12(11)22-15(17,18)19)13(20)14(21)9-4-2-1-3-5-9/h6-9,13-14,21H,1-5,20H2/t13-,14+/m1/s1. The van der Waals surface area contributed by atoms with Gasteiger partial charge in [0.2, 0.25) is 0 Å². The Hall–Kier alpha value is -0.980. The molecule has 0 saturated heterocycles. The lowest BCUT2D eigenvalue weighted by atomic mass is 9.81. The van der Waals surface area contributed by atoms with Crippen LogP contribution < -0.4 is 10.5 Å². The van der Waals surface area contributed by atoms with Crippen LogP contribution in [0.2, 0.25) is 5.02 Å². The summed E-state index contributed by atoms with van der Waals surface area (Å²) in [5.74, 6) is -0.356. The van der Waals surface area contributed by atoms with E-state index in [1.54, 1.807) is 0 Å².